The first-order valence-electron chi connectivity index (χ1n) is 7.46. The Balaban J connectivity index is 0.00000176. The maximum Gasteiger partial charge on any atom is 0.232 e. The van der Waals surface area contributed by atoms with Gasteiger partial charge in [0.1, 0.15) is 0 Å². The van der Waals surface area contributed by atoms with Crippen LogP contribution in [0.15, 0.2) is 48.5 Å². The smallest absolute Gasteiger partial charge is 0.232 e. The number of carbonyl (C=O) groups excluding carboxylic acids is 1. The summed E-state index contributed by atoms with van der Waals surface area (Å²) in [4.78, 5) is 12.4. The summed E-state index contributed by atoms with van der Waals surface area (Å²) in [5, 5.41) is 6.33. The molecule has 1 atom stereocenters. The highest BCUT2D eigenvalue weighted by Gasteiger charge is 2.31. The van der Waals surface area contributed by atoms with Crippen molar-refractivity contribution in [3.8, 4) is 0 Å². The lowest BCUT2D eigenvalue weighted by Crippen LogP contribution is -2.30. The average Bonchev–Trinajstić information content (AvgIpc) is 2.47. The maximum atomic E-state index is 12.4. The number of carbonyl (C=O) groups is 1. The van der Waals surface area contributed by atoms with Crippen molar-refractivity contribution in [2.75, 3.05) is 11.9 Å². The Labute approximate surface area is 137 Å². The first kappa shape index (κ1) is 16.5. The number of halogens is 1. The van der Waals surface area contributed by atoms with E-state index in [2.05, 4.69) is 29.7 Å². The lowest BCUT2D eigenvalue weighted by Gasteiger charge is -2.28. The zero-order chi connectivity index (χ0) is 14.7. The molecule has 0 aliphatic heterocycles. The molecule has 0 bridgehead atoms. The zero-order valence-electron chi connectivity index (χ0n) is 12.6. The lowest BCUT2D eigenvalue weighted by molar-refractivity contribution is -0.118. The molecule has 3 nitrogen and oxygen atoms in total. The van der Waals surface area contributed by atoms with E-state index in [-0.39, 0.29) is 24.2 Å². The summed E-state index contributed by atoms with van der Waals surface area (Å²) in [6.45, 7) is 3.85. The molecular weight excluding hydrogens is 296 g/mol. The molecule has 3 rings (SSSR count). The van der Waals surface area contributed by atoms with Gasteiger partial charge in [0, 0.05) is 12.2 Å². The van der Waals surface area contributed by atoms with Crippen LogP contribution in [0.1, 0.15) is 29.5 Å². The van der Waals surface area contributed by atoms with Crippen molar-refractivity contribution < 1.29 is 4.79 Å². The Hall–Kier alpha value is -1.84. The van der Waals surface area contributed by atoms with Gasteiger partial charge in [-0.15, -0.1) is 12.4 Å². The molecule has 1 aliphatic rings. The van der Waals surface area contributed by atoms with Crippen LogP contribution >= 0.6 is 12.4 Å². The van der Waals surface area contributed by atoms with Crippen LogP contribution in [0.2, 0.25) is 0 Å². The molecule has 1 aliphatic carbocycles. The summed E-state index contributed by atoms with van der Waals surface area (Å²) >= 11 is 0. The molecule has 0 aromatic heterocycles. The average molecular weight is 317 g/mol. The number of nitrogens with one attached hydrogen (secondary N) is 2. The fourth-order valence-electron chi connectivity index (χ4n) is 2.75. The molecule has 0 saturated carbocycles. The van der Waals surface area contributed by atoms with Crippen molar-refractivity contribution in [2.24, 2.45) is 0 Å². The van der Waals surface area contributed by atoms with E-state index in [4.69, 9.17) is 0 Å². The van der Waals surface area contributed by atoms with E-state index in [0.717, 1.165) is 25.2 Å². The minimum atomic E-state index is -0.00128. The summed E-state index contributed by atoms with van der Waals surface area (Å²) in [5.74, 6) is 0.0907. The van der Waals surface area contributed by atoms with Crippen molar-refractivity contribution in [1.82, 2.24) is 5.32 Å². The van der Waals surface area contributed by atoms with E-state index in [1.54, 1.807) is 0 Å². The molecule has 0 saturated heterocycles. The topological polar surface area (TPSA) is 41.1 Å². The molecule has 2 N–H and O–H groups in total. The van der Waals surface area contributed by atoms with Gasteiger partial charge >= 0.3 is 0 Å². The molecule has 0 heterocycles. The molecule has 0 radical (unpaired) electrons. The monoisotopic (exact) mass is 316 g/mol. The van der Waals surface area contributed by atoms with Crippen LogP contribution in [-0.4, -0.2) is 12.5 Å². The second-order valence-electron chi connectivity index (χ2n) is 5.43. The fourth-order valence-corrected chi connectivity index (χ4v) is 2.75. The van der Waals surface area contributed by atoms with E-state index in [0.29, 0.717) is 0 Å². The number of amides is 1. The van der Waals surface area contributed by atoms with Gasteiger partial charge in [-0.25, -0.2) is 0 Å². The van der Waals surface area contributed by atoms with Crippen molar-refractivity contribution in [3.63, 3.8) is 0 Å². The minimum absolute atomic E-state index is 0. The van der Waals surface area contributed by atoms with Gasteiger partial charge in [-0.2, -0.15) is 0 Å². The third-order valence-corrected chi connectivity index (χ3v) is 3.94. The second kappa shape index (κ2) is 7.43. The van der Waals surface area contributed by atoms with Gasteiger partial charge in [0.25, 0.3) is 0 Å². The number of hydrogen-bond donors (Lipinski definition) is 2. The van der Waals surface area contributed by atoms with Gasteiger partial charge < -0.3 is 10.6 Å². The maximum absolute atomic E-state index is 12.4. The molecule has 1 amide bonds. The largest absolute Gasteiger partial charge is 0.326 e. The molecule has 22 heavy (non-hydrogen) atoms. The number of benzene rings is 2. The van der Waals surface area contributed by atoms with Crippen LogP contribution in [0, 0.1) is 0 Å². The molecule has 1 unspecified atom stereocenters. The zero-order valence-corrected chi connectivity index (χ0v) is 13.5. The van der Waals surface area contributed by atoms with E-state index < -0.39 is 0 Å². The third-order valence-electron chi connectivity index (χ3n) is 3.94. The molecule has 0 spiro atoms. The van der Waals surface area contributed by atoms with Crippen molar-refractivity contribution >= 4 is 24.0 Å². The van der Waals surface area contributed by atoms with E-state index in [1.807, 2.05) is 36.4 Å². The highest BCUT2D eigenvalue weighted by Crippen LogP contribution is 2.35. The van der Waals surface area contributed by atoms with Crippen LogP contribution in [-0.2, 0) is 17.8 Å². The predicted molar refractivity (Wildman–Crippen MR) is 92.6 cm³/mol. The number of fused-ring (bicyclic) bond motifs is 1. The first-order valence-corrected chi connectivity index (χ1v) is 7.46. The Morgan fingerprint density at radius 3 is 2.77 bits per heavy atom. The summed E-state index contributed by atoms with van der Waals surface area (Å²) in [6, 6.07) is 16.2. The SMILES string of the molecule is CCNCc1cccc(NC(=O)C2Cc3ccccc32)c1.Cl. The lowest BCUT2D eigenvalue weighted by atomic mass is 9.77. The highest BCUT2D eigenvalue weighted by atomic mass is 35.5. The molecule has 2 aromatic rings. The van der Waals surface area contributed by atoms with Gasteiger partial charge in [-0.05, 0) is 41.8 Å². The van der Waals surface area contributed by atoms with Crippen LogP contribution < -0.4 is 10.6 Å². The minimum Gasteiger partial charge on any atom is -0.326 e. The van der Waals surface area contributed by atoms with Gasteiger partial charge in [-0.3, -0.25) is 4.79 Å². The second-order valence-corrected chi connectivity index (χ2v) is 5.43. The number of rotatable bonds is 5. The van der Waals surface area contributed by atoms with E-state index >= 15 is 0 Å². The highest BCUT2D eigenvalue weighted by molar-refractivity contribution is 5.97. The van der Waals surface area contributed by atoms with Crippen LogP contribution in [0.25, 0.3) is 0 Å². The Kier molecular flexibility index (Phi) is 5.58. The normalized spacial score (nSPS) is 15.2. The Morgan fingerprint density at radius 1 is 1.18 bits per heavy atom. The fraction of sp³-hybridized carbons (Fsp3) is 0.278. The third kappa shape index (κ3) is 3.49. The molecular formula is C18H21ClN2O. The molecule has 4 heteroatoms. The van der Waals surface area contributed by atoms with Crippen LogP contribution in [0.4, 0.5) is 5.69 Å². The summed E-state index contributed by atoms with van der Waals surface area (Å²) in [6.07, 6.45) is 0.846. The van der Waals surface area contributed by atoms with Crippen molar-refractivity contribution in [2.45, 2.75) is 25.8 Å². The van der Waals surface area contributed by atoms with Crippen molar-refractivity contribution in [1.29, 1.82) is 0 Å². The summed E-state index contributed by atoms with van der Waals surface area (Å²) < 4.78 is 0. The van der Waals surface area contributed by atoms with Gasteiger partial charge in [0.05, 0.1) is 5.92 Å². The number of hydrogen-bond acceptors (Lipinski definition) is 2. The van der Waals surface area contributed by atoms with Gasteiger partial charge in [-0.1, -0.05) is 43.3 Å². The van der Waals surface area contributed by atoms with E-state index in [1.165, 1.54) is 16.7 Å². The van der Waals surface area contributed by atoms with E-state index in [9.17, 15) is 4.79 Å². The van der Waals surface area contributed by atoms with Gasteiger partial charge in [0.15, 0.2) is 0 Å². The number of anilines is 1. The quantitative estimate of drug-likeness (QED) is 0.886. The summed E-state index contributed by atoms with van der Waals surface area (Å²) in [7, 11) is 0. The Bertz CT molecular complexity index is 657. The first-order chi connectivity index (χ1) is 10.3. The molecule has 116 valence electrons. The standard InChI is InChI=1S/C18H20N2O.ClH/c1-2-19-12-13-6-5-8-15(10-13)20-18(21)17-11-14-7-3-4-9-16(14)17;/h3-10,17,19H,2,11-12H2,1H3,(H,20,21);1H. The van der Waals surface area contributed by atoms with Crippen LogP contribution in [0.3, 0.4) is 0 Å². The Morgan fingerprint density at radius 2 is 2.00 bits per heavy atom. The van der Waals surface area contributed by atoms with Gasteiger partial charge in [0.2, 0.25) is 5.91 Å². The van der Waals surface area contributed by atoms with Crippen molar-refractivity contribution in [3.05, 3.63) is 65.2 Å². The molecule has 0 fully saturated rings. The predicted octanol–water partition coefficient (Wildman–Crippen LogP) is 3.50. The summed E-state index contributed by atoms with van der Waals surface area (Å²) in [5.41, 5.74) is 4.51. The molecule has 2 aromatic carbocycles. The van der Waals surface area contributed by atoms with Crippen LogP contribution in [0.5, 0.6) is 0 Å².